The second-order valence-corrected chi connectivity index (χ2v) is 6.07. The summed E-state index contributed by atoms with van der Waals surface area (Å²) in [5.41, 5.74) is 2.97. The number of nitro groups is 1. The van der Waals surface area contributed by atoms with E-state index in [-0.39, 0.29) is 28.3 Å². The van der Waals surface area contributed by atoms with Crippen LogP contribution in [0.1, 0.15) is 29.5 Å². The molecule has 2 aromatic rings. The average Bonchev–Trinajstić information content (AvgIpc) is 3.04. The number of hydrogen-bond donors (Lipinski definition) is 2. The van der Waals surface area contributed by atoms with Gasteiger partial charge in [-0.3, -0.25) is 10.1 Å². The highest BCUT2D eigenvalue weighted by molar-refractivity contribution is 5.67. The molecule has 0 aromatic heterocycles. The number of para-hydroxylation sites is 1. The molecule has 1 aliphatic heterocycles. The molecule has 0 saturated carbocycles. The van der Waals surface area contributed by atoms with Crippen LogP contribution in [0.4, 0.5) is 11.4 Å². The number of allylic oxidation sites excluding steroid dienone is 2. The highest BCUT2D eigenvalue weighted by Crippen LogP contribution is 2.51. The number of benzene rings is 2. The molecule has 2 aromatic carbocycles. The van der Waals surface area contributed by atoms with Crippen LogP contribution in [-0.2, 0) is 0 Å². The van der Waals surface area contributed by atoms with E-state index in [1.807, 2.05) is 12.1 Å². The molecule has 0 spiro atoms. The van der Waals surface area contributed by atoms with E-state index in [1.54, 1.807) is 18.2 Å². The Labute approximate surface area is 133 Å². The van der Waals surface area contributed by atoms with Crippen molar-refractivity contribution in [3.05, 3.63) is 75.9 Å². The topological polar surface area (TPSA) is 75.4 Å². The minimum atomic E-state index is -0.390. The van der Waals surface area contributed by atoms with Crippen LogP contribution in [0.3, 0.4) is 0 Å². The molecule has 116 valence electrons. The van der Waals surface area contributed by atoms with E-state index in [0.717, 1.165) is 23.2 Å². The van der Waals surface area contributed by atoms with Crippen LogP contribution >= 0.6 is 0 Å². The molecule has 0 saturated heterocycles. The molecule has 1 aliphatic carbocycles. The maximum atomic E-state index is 10.8. The predicted octanol–water partition coefficient (Wildman–Crippen LogP) is 4.13. The smallest absolute Gasteiger partial charge is 0.269 e. The van der Waals surface area contributed by atoms with Gasteiger partial charge in [-0.15, -0.1) is 0 Å². The number of hydrogen-bond acceptors (Lipinski definition) is 4. The van der Waals surface area contributed by atoms with E-state index in [1.165, 1.54) is 12.1 Å². The molecule has 2 N–H and O–H groups in total. The second kappa shape index (κ2) is 5.12. The third kappa shape index (κ3) is 2.16. The molecule has 5 nitrogen and oxygen atoms in total. The number of phenols is 1. The van der Waals surface area contributed by atoms with Crippen molar-refractivity contribution in [3.8, 4) is 5.75 Å². The van der Waals surface area contributed by atoms with E-state index in [2.05, 4.69) is 17.5 Å². The molecular weight excluding hydrogens is 292 g/mol. The molecule has 4 rings (SSSR count). The minimum absolute atomic E-state index is 0.0246. The Morgan fingerprint density at radius 2 is 1.96 bits per heavy atom. The first-order valence-electron chi connectivity index (χ1n) is 7.64. The normalized spacial score (nSPS) is 24.6. The highest BCUT2D eigenvalue weighted by atomic mass is 16.6. The van der Waals surface area contributed by atoms with Crippen molar-refractivity contribution in [2.45, 2.75) is 18.4 Å². The Morgan fingerprint density at radius 1 is 1.17 bits per heavy atom. The number of phenolic OH excluding ortho intramolecular Hbond substituents is 1. The van der Waals surface area contributed by atoms with Crippen molar-refractivity contribution >= 4 is 11.4 Å². The second-order valence-electron chi connectivity index (χ2n) is 6.07. The van der Waals surface area contributed by atoms with Gasteiger partial charge in [-0.2, -0.15) is 0 Å². The summed E-state index contributed by atoms with van der Waals surface area (Å²) in [5.74, 6) is 0.859. The van der Waals surface area contributed by atoms with E-state index in [4.69, 9.17) is 0 Å². The number of anilines is 1. The number of rotatable bonds is 2. The van der Waals surface area contributed by atoms with Gasteiger partial charge in [0.1, 0.15) is 5.75 Å². The summed E-state index contributed by atoms with van der Waals surface area (Å²) in [4.78, 5) is 10.4. The number of non-ortho nitro benzene ring substituents is 1. The van der Waals surface area contributed by atoms with Crippen molar-refractivity contribution < 1.29 is 10.0 Å². The number of nitrogens with one attached hydrogen (secondary N) is 1. The van der Waals surface area contributed by atoms with E-state index < -0.39 is 0 Å². The van der Waals surface area contributed by atoms with Gasteiger partial charge in [0.25, 0.3) is 5.69 Å². The molecule has 5 heteroatoms. The summed E-state index contributed by atoms with van der Waals surface area (Å²) in [6.45, 7) is 0. The molecule has 0 amide bonds. The molecule has 0 fully saturated rings. The lowest BCUT2D eigenvalue weighted by molar-refractivity contribution is -0.384. The summed E-state index contributed by atoms with van der Waals surface area (Å²) in [6, 6.07) is 12.3. The van der Waals surface area contributed by atoms with Crippen LogP contribution in [0.2, 0.25) is 0 Å². The predicted molar refractivity (Wildman–Crippen MR) is 87.6 cm³/mol. The molecule has 3 atom stereocenters. The number of aromatic hydroxyl groups is 1. The zero-order chi connectivity index (χ0) is 16.0. The molecule has 3 unspecified atom stereocenters. The summed E-state index contributed by atoms with van der Waals surface area (Å²) in [6.07, 6.45) is 5.32. The Balaban J connectivity index is 1.75. The fourth-order valence-electron chi connectivity index (χ4n) is 3.74. The van der Waals surface area contributed by atoms with Crippen LogP contribution in [0.5, 0.6) is 5.75 Å². The third-order valence-electron chi connectivity index (χ3n) is 4.84. The monoisotopic (exact) mass is 308 g/mol. The van der Waals surface area contributed by atoms with Gasteiger partial charge in [-0.1, -0.05) is 36.4 Å². The van der Waals surface area contributed by atoms with Gasteiger partial charge in [-0.25, -0.2) is 0 Å². The maximum absolute atomic E-state index is 10.8. The lowest BCUT2D eigenvalue weighted by atomic mass is 9.77. The number of fused-ring (bicyclic) bond motifs is 3. The lowest BCUT2D eigenvalue weighted by Gasteiger charge is -2.37. The fraction of sp³-hybridized carbons (Fsp3) is 0.222. The van der Waals surface area contributed by atoms with Crippen molar-refractivity contribution in [2.75, 3.05) is 5.32 Å². The van der Waals surface area contributed by atoms with Gasteiger partial charge in [0.15, 0.2) is 0 Å². The van der Waals surface area contributed by atoms with Crippen LogP contribution < -0.4 is 5.32 Å². The van der Waals surface area contributed by atoms with E-state index >= 15 is 0 Å². The van der Waals surface area contributed by atoms with Gasteiger partial charge in [-0.05, 0) is 29.5 Å². The largest absolute Gasteiger partial charge is 0.506 e. The standard InChI is InChI=1S/C18H16N2O3/c21-16-6-2-5-15-13-3-1-4-14(13)17(19-18(15)16)11-7-9-12(10-8-11)20(22)23/h1-3,5-10,13-14,17,19,21H,4H2. The van der Waals surface area contributed by atoms with Crippen LogP contribution in [0.25, 0.3) is 0 Å². The molecule has 0 radical (unpaired) electrons. The van der Waals surface area contributed by atoms with E-state index in [0.29, 0.717) is 5.92 Å². The molecule has 1 heterocycles. The fourth-order valence-corrected chi connectivity index (χ4v) is 3.74. The summed E-state index contributed by atoms with van der Waals surface area (Å²) >= 11 is 0. The van der Waals surface area contributed by atoms with Crippen molar-refractivity contribution in [3.63, 3.8) is 0 Å². The van der Waals surface area contributed by atoms with Crippen LogP contribution in [-0.4, -0.2) is 10.0 Å². The Kier molecular flexibility index (Phi) is 3.08. The maximum Gasteiger partial charge on any atom is 0.269 e. The molecule has 0 bridgehead atoms. The van der Waals surface area contributed by atoms with Crippen LogP contribution in [0, 0.1) is 16.0 Å². The number of nitrogens with zero attached hydrogens (tertiary/aromatic N) is 1. The zero-order valence-electron chi connectivity index (χ0n) is 12.3. The molecule has 23 heavy (non-hydrogen) atoms. The van der Waals surface area contributed by atoms with Crippen molar-refractivity contribution in [2.24, 2.45) is 5.92 Å². The lowest BCUT2D eigenvalue weighted by Crippen LogP contribution is -2.29. The molecule has 2 aliphatic rings. The zero-order valence-corrected chi connectivity index (χ0v) is 12.3. The van der Waals surface area contributed by atoms with Gasteiger partial charge < -0.3 is 10.4 Å². The first-order valence-corrected chi connectivity index (χ1v) is 7.64. The molecular formula is C18H16N2O3. The summed E-state index contributed by atoms with van der Waals surface area (Å²) in [7, 11) is 0. The average molecular weight is 308 g/mol. The summed E-state index contributed by atoms with van der Waals surface area (Å²) in [5, 5.41) is 24.5. The first kappa shape index (κ1) is 13.8. The van der Waals surface area contributed by atoms with E-state index in [9.17, 15) is 15.2 Å². The summed E-state index contributed by atoms with van der Waals surface area (Å²) < 4.78 is 0. The number of nitro benzene ring substituents is 1. The van der Waals surface area contributed by atoms with Gasteiger partial charge in [0.05, 0.1) is 16.7 Å². The Hall–Kier alpha value is -2.82. The first-order chi connectivity index (χ1) is 11.1. The van der Waals surface area contributed by atoms with Gasteiger partial charge in [0.2, 0.25) is 0 Å². The highest BCUT2D eigenvalue weighted by Gasteiger charge is 2.38. The Morgan fingerprint density at radius 3 is 2.70 bits per heavy atom. The van der Waals surface area contributed by atoms with Gasteiger partial charge >= 0.3 is 0 Å². The minimum Gasteiger partial charge on any atom is -0.506 e. The van der Waals surface area contributed by atoms with Gasteiger partial charge in [0, 0.05) is 18.1 Å². The van der Waals surface area contributed by atoms with Crippen LogP contribution in [0.15, 0.2) is 54.6 Å². The Bertz CT molecular complexity index is 798. The SMILES string of the molecule is O=[N+]([O-])c1ccc(C2Nc3c(O)cccc3C3C=CCC32)cc1. The quantitative estimate of drug-likeness (QED) is 0.378. The van der Waals surface area contributed by atoms with Crippen molar-refractivity contribution in [1.82, 2.24) is 0 Å². The third-order valence-corrected chi connectivity index (χ3v) is 4.84. The van der Waals surface area contributed by atoms with Crippen molar-refractivity contribution in [1.29, 1.82) is 0 Å².